The van der Waals surface area contributed by atoms with Crippen molar-refractivity contribution in [2.75, 3.05) is 14.2 Å². The molecule has 1 amide bonds. The number of carbonyl (C=O) groups excluding carboxylic acids is 1. The number of carbonyl (C=O) groups is 2. The summed E-state index contributed by atoms with van der Waals surface area (Å²) in [7, 11) is 3.02. The van der Waals surface area contributed by atoms with Gasteiger partial charge >= 0.3 is 5.97 Å². The van der Waals surface area contributed by atoms with Crippen LogP contribution in [0.1, 0.15) is 36.2 Å². The third-order valence-electron chi connectivity index (χ3n) is 3.06. The van der Waals surface area contributed by atoms with Crippen molar-refractivity contribution in [3.63, 3.8) is 0 Å². The van der Waals surface area contributed by atoms with Crippen molar-refractivity contribution in [2.45, 2.75) is 32.7 Å². The number of carboxylic acids is 1. The Morgan fingerprint density at radius 3 is 2.05 bits per heavy atom. The Kier molecular flexibility index (Phi) is 5.18. The van der Waals surface area contributed by atoms with Gasteiger partial charge in [-0.25, -0.2) is 0 Å². The van der Waals surface area contributed by atoms with E-state index >= 15 is 0 Å². The lowest BCUT2D eigenvalue weighted by molar-refractivity contribution is -0.138. The lowest BCUT2D eigenvalue weighted by atomic mass is 9.99. The first kappa shape index (κ1) is 16.8. The number of ether oxygens (including phenoxy) is 2. The summed E-state index contributed by atoms with van der Waals surface area (Å²) < 4.78 is 10.4. The standard InChI is InChI=1S/C15H21NO5/c1-9-11(20-4)6-10(7-12(9)21-5)14(19)16-15(2,3)8-13(17)18/h6-7H,8H2,1-5H3,(H,16,19)(H,17,18). The summed E-state index contributed by atoms with van der Waals surface area (Å²) in [5.41, 5.74) is 0.294. The molecule has 0 aliphatic heterocycles. The molecule has 116 valence electrons. The van der Waals surface area contributed by atoms with Crippen molar-refractivity contribution in [3.05, 3.63) is 23.3 Å². The van der Waals surface area contributed by atoms with E-state index in [1.54, 1.807) is 26.0 Å². The highest BCUT2D eigenvalue weighted by Gasteiger charge is 2.25. The summed E-state index contributed by atoms with van der Waals surface area (Å²) in [4.78, 5) is 23.1. The summed E-state index contributed by atoms with van der Waals surface area (Å²) in [5.74, 6) is -0.275. The van der Waals surface area contributed by atoms with E-state index < -0.39 is 11.5 Å². The molecular weight excluding hydrogens is 274 g/mol. The molecule has 0 aromatic heterocycles. The van der Waals surface area contributed by atoms with Crippen LogP contribution in [0.3, 0.4) is 0 Å². The summed E-state index contributed by atoms with van der Waals surface area (Å²) in [6, 6.07) is 3.20. The smallest absolute Gasteiger partial charge is 0.305 e. The zero-order chi connectivity index (χ0) is 16.2. The number of hydrogen-bond acceptors (Lipinski definition) is 4. The predicted molar refractivity (Wildman–Crippen MR) is 78.1 cm³/mol. The van der Waals surface area contributed by atoms with Crippen LogP contribution in [0.5, 0.6) is 11.5 Å². The van der Waals surface area contributed by atoms with Gasteiger partial charge in [0.05, 0.1) is 20.6 Å². The molecule has 0 saturated carbocycles. The molecule has 0 radical (unpaired) electrons. The quantitative estimate of drug-likeness (QED) is 0.838. The molecule has 1 aromatic carbocycles. The van der Waals surface area contributed by atoms with Crippen LogP contribution in [0.25, 0.3) is 0 Å². The maximum Gasteiger partial charge on any atom is 0.305 e. The van der Waals surface area contributed by atoms with Gasteiger partial charge in [-0.15, -0.1) is 0 Å². The van der Waals surface area contributed by atoms with E-state index in [1.807, 2.05) is 6.92 Å². The van der Waals surface area contributed by atoms with E-state index in [1.165, 1.54) is 14.2 Å². The van der Waals surface area contributed by atoms with E-state index in [0.717, 1.165) is 5.56 Å². The number of amides is 1. The number of aliphatic carboxylic acids is 1. The molecule has 0 aliphatic rings. The van der Waals surface area contributed by atoms with Crippen LogP contribution in [0.2, 0.25) is 0 Å². The Labute approximate surface area is 124 Å². The van der Waals surface area contributed by atoms with Crippen LogP contribution in [0.4, 0.5) is 0 Å². The molecule has 0 saturated heterocycles. The van der Waals surface area contributed by atoms with E-state index in [-0.39, 0.29) is 12.3 Å². The predicted octanol–water partition coefficient (Wildman–Crippen LogP) is 2.00. The van der Waals surface area contributed by atoms with E-state index in [0.29, 0.717) is 17.1 Å². The van der Waals surface area contributed by atoms with E-state index in [2.05, 4.69) is 5.32 Å². The van der Waals surface area contributed by atoms with Crippen molar-refractivity contribution in [2.24, 2.45) is 0 Å². The summed E-state index contributed by atoms with van der Waals surface area (Å²) in [6.07, 6.45) is -0.168. The van der Waals surface area contributed by atoms with Gasteiger partial charge in [0.15, 0.2) is 0 Å². The molecule has 6 heteroatoms. The highest BCUT2D eigenvalue weighted by Crippen LogP contribution is 2.29. The van der Waals surface area contributed by atoms with Gasteiger partial charge in [0.2, 0.25) is 0 Å². The van der Waals surface area contributed by atoms with Crippen molar-refractivity contribution in [3.8, 4) is 11.5 Å². The normalized spacial score (nSPS) is 10.9. The Bertz CT molecular complexity index is 526. The Hall–Kier alpha value is -2.24. The molecule has 2 N–H and O–H groups in total. The number of hydrogen-bond donors (Lipinski definition) is 2. The molecule has 0 aliphatic carbocycles. The van der Waals surface area contributed by atoms with Gasteiger partial charge in [-0.3, -0.25) is 9.59 Å². The van der Waals surface area contributed by atoms with Crippen LogP contribution in [-0.2, 0) is 4.79 Å². The molecular formula is C15H21NO5. The molecule has 0 heterocycles. The average Bonchev–Trinajstić information content (AvgIpc) is 2.36. The highest BCUT2D eigenvalue weighted by atomic mass is 16.5. The van der Waals surface area contributed by atoms with Crippen LogP contribution >= 0.6 is 0 Å². The van der Waals surface area contributed by atoms with Gasteiger partial charge in [-0.1, -0.05) is 0 Å². The fraction of sp³-hybridized carbons (Fsp3) is 0.467. The second kappa shape index (κ2) is 6.47. The second-order valence-corrected chi connectivity index (χ2v) is 5.41. The Morgan fingerprint density at radius 1 is 1.19 bits per heavy atom. The summed E-state index contributed by atoms with van der Waals surface area (Å²) in [5, 5.41) is 11.5. The van der Waals surface area contributed by atoms with Gasteiger partial charge in [-0.2, -0.15) is 0 Å². The van der Waals surface area contributed by atoms with Crippen molar-refractivity contribution in [1.29, 1.82) is 0 Å². The first-order valence-electron chi connectivity index (χ1n) is 6.47. The van der Waals surface area contributed by atoms with Gasteiger partial charge in [-0.05, 0) is 32.9 Å². The lowest BCUT2D eigenvalue weighted by Gasteiger charge is -2.24. The highest BCUT2D eigenvalue weighted by molar-refractivity contribution is 5.96. The van der Waals surface area contributed by atoms with Gasteiger partial charge < -0.3 is 19.9 Å². The Morgan fingerprint density at radius 2 is 1.67 bits per heavy atom. The van der Waals surface area contributed by atoms with Gasteiger partial charge in [0, 0.05) is 16.7 Å². The maximum absolute atomic E-state index is 12.3. The first-order chi connectivity index (χ1) is 9.70. The number of rotatable bonds is 6. The molecule has 21 heavy (non-hydrogen) atoms. The Balaban J connectivity index is 3.05. The molecule has 0 fully saturated rings. The molecule has 0 spiro atoms. The largest absolute Gasteiger partial charge is 0.496 e. The molecule has 6 nitrogen and oxygen atoms in total. The number of nitrogens with one attached hydrogen (secondary N) is 1. The van der Waals surface area contributed by atoms with Crippen molar-refractivity contribution >= 4 is 11.9 Å². The molecule has 1 rings (SSSR count). The number of carboxylic acid groups (broad SMARTS) is 1. The molecule has 1 aromatic rings. The molecule has 0 bridgehead atoms. The fourth-order valence-corrected chi connectivity index (χ4v) is 2.02. The zero-order valence-corrected chi connectivity index (χ0v) is 12.9. The fourth-order valence-electron chi connectivity index (χ4n) is 2.02. The van der Waals surface area contributed by atoms with Crippen LogP contribution < -0.4 is 14.8 Å². The topological polar surface area (TPSA) is 84.9 Å². The van der Waals surface area contributed by atoms with Gasteiger partial charge in [0.25, 0.3) is 5.91 Å². The average molecular weight is 295 g/mol. The van der Waals surface area contributed by atoms with E-state index in [9.17, 15) is 9.59 Å². The summed E-state index contributed by atoms with van der Waals surface area (Å²) >= 11 is 0. The minimum atomic E-state index is -0.973. The van der Waals surface area contributed by atoms with Crippen LogP contribution in [-0.4, -0.2) is 36.7 Å². The van der Waals surface area contributed by atoms with Crippen molar-refractivity contribution < 1.29 is 24.2 Å². The monoisotopic (exact) mass is 295 g/mol. The van der Waals surface area contributed by atoms with Crippen LogP contribution in [0, 0.1) is 6.92 Å². The third kappa shape index (κ3) is 4.37. The maximum atomic E-state index is 12.3. The second-order valence-electron chi connectivity index (χ2n) is 5.41. The SMILES string of the molecule is COc1cc(C(=O)NC(C)(C)CC(=O)O)cc(OC)c1C. The number of methoxy groups -OCH3 is 2. The first-order valence-corrected chi connectivity index (χ1v) is 6.47. The lowest BCUT2D eigenvalue weighted by Crippen LogP contribution is -2.44. The van der Waals surface area contributed by atoms with Gasteiger partial charge in [0.1, 0.15) is 11.5 Å². The minimum Gasteiger partial charge on any atom is -0.496 e. The molecule has 0 atom stereocenters. The third-order valence-corrected chi connectivity index (χ3v) is 3.06. The minimum absolute atomic E-state index is 0.168. The zero-order valence-electron chi connectivity index (χ0n) is 12.9. The van der Waals surface area contributed by atoms with Crippen LogP contribution in [0.15, 0.2) is 12.1 Å². The van der Waals surface area contributed by atoms with Crippen molar-refractivity contribution in [1.82, 2.24) is 5.32 Å². The summed E-state index contributed by atoms with van der Waals surface area (Å²) in [6.45, 7) is 5.14. The van der Waals surface area contributed by atoms with E-state index in [4.69, 9.17) is 14.6 Å². The molecule has 0 unspecified atom stereocenters. The number of benzene rings is 1.